The van der Waals surface area contributed by atoms with E-state index in [1.165, 1.54) is 49.5 Å². The summed E-state index contributed by atoms with van der Waals surface area (Å²) in [5.41, 5.74) is 2.26. The number of nitrogens with zero attached hydrogens (tertiary/aromatic N) is 3. The van der Waals surface area contributed by atoms with E-state index in [-0.39, 0.29) is 16.4 Å². The van der Waals surface area contributed by atoms with E-state index in [9.17, 15) is 27.7 Å². The summed E-state index contributed by atoms with van der Waals surface area (Å²) in [6, 6.07) is 14.0. The van der Waals surface area contributed by atoms with E-state index in [1.807, 2.05) is 0 Å². The number of hydrazone groups is 1. The van der Waals surface area contributed by atoms with Crippen molar-refractivity contribution in [3.8, 4) is 0 Å². The van der Waals surface area contributed by atoms with Crippen LogP contribution in [0.4, 0.5) is 10.1 Å². The molecule has 4 aromatic rings. The van der Waals surface area contributed by atoms with Gasteiger partial charge >= 0.3 is 0 Å². The molecule has 0 aliphatic rings. The van der Waals surface area contributed by atoms with E-state index in [1.54, 1.807) is 35.7 Å². The third kappa shape index (κ3) is 4.53. The number of sulfonamides is 1. The molecule has 178 valence electrons. The fraction of sp³-hybridized carbons (Fsp3) is 0.0833. The van der Waals surface area contributed by atoms with Crippen LogP contribution in [0.5, 0.6) is 0 Å². The Morgan fingerprint density at radius 1 is 1.11 bits per heavy atom. The number of nitrogens with one attached hydrogen (secondary N) is 1. The molecule has 2 aromatic heterocycles. The molecular formula is C24H19FN4O5S. The number of nitro benzene ring substituents is 1. The van der Waals surface area contributed by atoms with Crippen LogP contribution in [0.3, 0.4) is 0 Å². The van der Waals surface area contributed by atoms with Crippen LogP contribution < -0.4 is 4.83 Å². The minimum absolute atomic E-state index is 0.294. The van der Waals surface area contributed by atoms with Gasteiger partial charge in [-0.25, -0.2) is 9.22 Å². The molecule has 0 aliphatic carbocycles. The molecule has 2 heterocycles. The lowest BCUT2D eigenvalue weighted by molar-refractivity contribution is -0.385. The monoisotopic (exact) mass is 494 g/mol. The average molecular weight is 495 g/mol. The fourth-order valence-corrected chi connectivity index (χ4v) is 4.52. The number of benzene rings is 2. The molecule has 0 fully saturated rings. The van der Waals surface area contributed by atoms with Crippen LogP contribution in [0.2, 0.25) is 0 Å². The highest BCUT2D eigenvalue weighted by atomic mass is 32.2. The second-order valence-corrected chi connectivity index (χ2v) is 9.40. The Morgan fingerprint density at radius 3 is 2.51 bits per heavy atom. The van der Waals surface area contributed by atoms with Gasteiger partial charge in [0, 0.05) is 29.0 Å². The molecular weight excluding hydrogens is 475 g/mol. The van der Waals surface area contributed by atoms with Crippen molar-refractivity contribution in [3.05, 3.63) is 111 Å². The zero-order valence-electron chi connectivity index (χ0n) is 18.6. The summed E-state index contributed by atoms with van der Waals surface area (Å²) in [5, 5.41) is 15.0. The van der Waals surface area contributed by atoms with E-state index in [0.29, 0.717) is 33.5 Å². The number of ketones is 1. The number of hydrogen-bond acceptors (Lipinski definition) is 6. The number of fused-ring (bicyclic) bond motifs is 1. The molecule has 4 rings (SSSR count). The van der Waals surface area contributed by atoms with Gasteiger partial charge in [0.25, 0.3) is 15.7 Å². The van der Waals surface area contributed by atoms with Crippen molar-refractivity contribution in [3.63, 3.8) is 0 Å². The molecule has 0 radical (unpaired) electrons. The largest absolute Gasteiger partial charge is 0.313 e. The van der Waals surface area contributed by atoms with Gasteiger partial charge in [-0.15, -0.1) is 0 Å². The summed E-state index contributed by atoms with van der Waals surface area (Å²) in [6.45, 7) is 3.20. The van der Waals surface area contributed by atoms with Gasteiger partial charge in [-0.05, 0) is 61.9 Å². The molecule has 1 N–H and O–H groups in total. The molecule has 11 heteroatoms. The molecule has 0 saturated carbocycles. The van der Waals surface area contributed by atoms with Crippen LogP contribution in [0.25, 0.3) is 5.52 Å². The Hall–Kier alpha value is -4.38. The van der Waals surface area contributed by atoms with Crippen LogP contribution in [0.1, 0.15) is 32.7 Å². The van der Waals surface area contributed by atoms with Crippen LogP contribution >= 0.6 is 0 Å². The van der Waals surface area contributed by atoms with E-state index in [2.05, 4.69) is 9.93 Å². The molecule has 35 heavy (non-hydrogen) atoms. The standard InChI is InChI=1S/C24H19FN4O5S/c1-15-6-11-19(13-22(15)29(31)32)35(33,34)27-26-14-20-16(2)23(28-12-4-3-5-21(20)28)24(30)17-7-9-18(25)10-8-17/h3-14,27H,1-2H3. The number of aryl methyl sites for hydroxylation is 1. The normalized spacial score (nSPS) is 11.7. The quantitative estimate of drug-likeness (QED) is 0.179. The average Bonchev–Trinajstić information content (AvgIpc) is 3.10. The predicted octanol–water partition coefficient (Wildman–Crippen LogP) is 4.15. The first kappa shape index (κ1) is 23.8. The van der Waals surface area contributed by atoms with Crippen molar-refractivity contribution in [2.75, 3.05) is 0 Å². The Labute approximate surface area is 199 Å². The number of rotatable bonds is 7. The van der Waals surface area contributed by atoms with Crippen LogP contribution in [-0.2, 0) is 10.0 Å². The van der Waals surface area contributed by atoms with Crippen LogP contribution in [0.15, 0.2) is 76.9 Å². The predicted molar refractivity (Wildman–Crippen MR) is 128 cm³/mol. The maximum atomic E-state index is 13.3. The molecule has 0 aliphatic heterocycles. The van der Waals surface area contributed by atoms with Crippen molar-refractivity contribution < 1.29 is 22.5 Å². The minimum Gasteiger partial charge on any atom is -0.313 e. The molecule has 0 bridgehead atoms. The van der Waals surface area contributed by atoms with E-state index in [0.717, 1.165) is 6.07 Å². The van der Waals surface area contributed by atoms with Crippen molar-refractivity contribution in [1.29, 1.82) is 0 Å². The summed E-state index contributed by atoms with van der Waals surface area (Å²) in [7, 11) is -4.19. The molecule has 0 atom stereocenters. The fourth-order valence-electron chi connectivity index (χ4n) is 3.70. The summed E-state index contributed by atoms with van der Waals surface area (Å²) in [4.78, 5) is 25.4. The zero-order valence-corrected chi connectivity index (χ0v) is 19.4. The summed E-state index contributed by atoms with van der Waals surface area (Å²) in [5.74, 6) is -0.798. The first-order valence-electron chi connectivity index (χ1n) is 10.3. The van der Waals surface area contributed by atoms with Crippen LogP contribution in [0, 0.1) is 29.8 Å². The lowest BCUT2D eigenvalue weighted by atomic mass is 10.0. The molecule has 9 nitrogen and oxygen atoms in total. The van der Waals surface area contributed by atoms with Gasteiger partial charge in [-0.1, -0.05) is 12.1 Å². The SMILES string of the molecule is Cc1ccc(S(=O)(=O)NN=Cc2c(C)c(C(=O)c3ccc(F)cc3)n3ccccc23)cc1[N+](=O)[O-]. The number of aromatic nitrogens is 1. The van der Waals surface area contributed by atoms with Gasteiger partial charge in [0.15, 0.2) is 0 Å². The third-order valence-electron chi connectivity index (χ3n) is 5.51. The van der Waals surface area contributed by atoms with Gasteiger partial charge in [-0.2, -0.15) is 13.5 Å². The summed E-state index contributed by atoms with van der Waals surface area (Å²) >= 11 is 0. The van der Waals surface area contributed by atoms with E-state index in [4.69, 9.17) is 0 Å². The maximum Gasteiger partial charge on any atom is 0.276 e. The second-order valence-electron chi connectivity index (χ2n) is 7.74. The summed E-state index contributed by atoms with van der Waals surface area (Å²) < 4.78 is 40.2. The van der Waals surface area contributed by atoms with Gasteiger partial charge in [0.1, 0.15) is 5.82 Å². The van der Waals surface area contributed by atoms with Gasteiger partial charge in [-0.3, -0.25) is 14.9 Å². The Kier molecular flexibility index (Phi) is 6.18. The van der Waals surface area contributed by atoms with Crippen molar-refractivity contribution in [2.45, 2.75) is 18.7 Å². The van der Waals surface area contributed by atoms with Crippen LogP contribution in [-0.4, -0.2) is 29.7 Å². The first-order valence-corrected chi connectivity index (χ1v) is 11.8. The topological polar surface area (TPSA) is 123 Å². The molecule has 0 unspecified atom stereocenters. The molecule has 2 aromatic carbocycles. The Morgan fingerprint density at radius 2 is 1.83 bits per heavy atom. The summed E-state index contributed by atoms with van der Waals surface area (Å²) in [6.07, 6.45) is 2.96. The Balaban J connectivity index is 1.70. The number of carbonyl (C=O) groups is 1. The van der Waals surface area contributed by atoms with Gasteiger partial charge in [0.2, 0.25) is 5.78 Å². The van der Waals surface area contributed by atoms with Crippen molar-refractivity contribution >= 4 is 33.2 Å². The molecule has 0 amide bonds. The van der Waals surface area contributed by atoms with E-state index >= 15 is 0 Å². The minimum atomic E-state index is -4.19. The number of halogens is 1. The highest BCUT2D eigenvalue weighted by Gasteiger charge is 2.22. The van der Waals surface area contributed by atoms with Gasteiger partial charge < -0.3 is 4.40 Å². The molecule has 0 spiro atoms. The number of pyridine rings is 1. The molecule has 0 saturated heterocycles. The maximum absolute atomic E-state index is 13.3. The number of hydrogen-bond donors (Lipinski definition) is 1. The third-order valence-corrected chi connectivity index (χ3v) is 6.73. The Bertz CT molecular complexity index is 1610. The van der Waals surface area contributed by atoms with Gasteiger partial charge in [0.05, 0.1) is 27.2 Å². The van der Waals surface area contributed by atoms with E-state index < -0.39 is 20.8 Å². The highest BCUT2D eigenvalue weighted by molar-refractivity contribution is 7.89. The number of nitro groups is 1. The smallest absolute Gasteiger partial charge is 0.276 e. The zero-order chi connectivity index (χ0) is 25.3. The second kappa shape index (κ2) is 9.11. The first-order chi connectivity index (χ1) is 16.6. The van der Waals surface area contributed by atoms with Crippen molar-refractivity contribution in [1.82, 2.24) is 9.23 Å². The lowest BCUT2D eigenvalue weighted by Gasteiger charge is -2.04. The number of carbonyl (C=O) groups excluding carboxylic acids is 1. The van der Waals surface area contributed by atoms with Crippen molar-refractivity contribution in [2.24, 2.45) is 5.10 Å². The highest BCUT2D eigenvalue weighted by Crippen LogP contribution is 2.25. The lowest BCUT2D eigenvalue weighted by Crippen LogP contribution is -2.18.